The second-order valence-electron chi connectivity index (χ2n) is 7.09. The summed E-state index contributed by atoms with van der Waals surface area (Å²) in [5.41, 5.74) is 0.0132. The largest absolute Gasteiger partial charge is 0.459 e. The Morgan fingerprint density at radius 3 is 2.31 bits per heavy atom. The van der Waals surface area contributed by atoms with Gasteiger partial charge in [-0.1, -0.05) is 36.9 Å². The number of thiol groups is 1. The molecule has 0 spiro atoms. The fourth-order valence-corrected chi connectivity index (χ4v) is 2.45. The first-order chi connectivity index (χ1) is 13.5. The Morgan fingerprint density at radius 2 is 1.79 bits per heavy atom. The molecule has 1 atom stereocenters. The molecule has 1 unspecified atom stereocenters. The molecule has 0 fully saturated rings. The minimum absolute atomic E-state index is 0.0536. The number of nitrogens with one attached hydrogen (secondary N) is 1. The van der Waals surface area contributed by atoms with Gasteiger partial charge in [-0.25, -0.2) is 9.59 Å². The molecular weight excluding hydrogens is 396 g/mol. The highest BCUT2D eigenvalue weighted by Gasteiger charge is 2.25. The lowest BCUT2D eigenvalue weighted by Gasteiger charge is -2.28. The summed E-state index contributed by atoms with van der Waals surface area (Å²) in [5.74, 6) is -1.16. The molecule has 1 rings (SSSR count). The standard InChI is InChI=1S/C20H28N2O6S/c1-14(29)22(19(25)21-11-17(23)28-20(2,3)4)12-16(27-18(24)13-26-5)15-9-7-6-8-10-15/h6-10,16,29H,1,11-13H2,2-5H3,(H,21,25). The molecule has 1 N–H and O–H groups in total. The van der Waals surface area contributed by atoms with E-state index in [0.717, 1.165) is 0 Å². The van der Waals surface area contributed by atoms with Gasteiger partial charge in [0, 0.05) is 7.11 Å². The first-order valence-corrected chi connectivity index (χ1v) is 9.36. The number of carbonyl (C=O) groups excluding carboxylic acids is 3. The van der Waals surface area contributed by atoms with Crippen LogP contribution in [0.25, 0.3) is 0 Å². The van der Waals surface area contributed by atoms with Gasteiger partial charge in [-0.05, 0) is 26.3 Å². The third-order valence-corrected chi connectivity index (χ3v) is 3.66. The Kier molecular flexibility index (Phi) is 9.70. The van der Waals surface area contributed by atoms with E-state index >= 15 is 0 Å². The predicted octanol–water partition coefficient (Wildman–Crippen LogP) is 2.67. The Balaban J connectivity index is 2.88. The zero-order chi connectivity index (χ0) is 22.0. The number of hydrogen-bond donors (Lipinski definition) is 2. The molecule has 160 valence electrons. The predicted molar refractivity (Wildman–Crippen MR) is 111 cm³/mol. The van der Waals surface area contributed by atoms with E-state index in [1.807, 2.05) is 6.07 Å². The average molecular weight is 425 g/mol. The SMILES string of the molecule is C=C(S)N(CC(OC(=O)COC)c1ccccc1)C(=O)NCC(=O)OC(C)(C)C. The van der Waals surface area contributed by atoms with Gasteiger partial charge in [-0.3, -0.25) is 9.69 Å². The molecule has 0 radical (unpaired) electrons. The molecular formula is C20H28N2O6S. The highest BCUT2D eigenvalue weighted by Crippen LogP contribution is 2.22. The van der Waals surface area contributed by atoms with Gasteiger partial charge in [0.2, 0.25) is 0 Å². The van der Waals surface area contributed by atoms with Crippen LogP contribution in [0.3, 0.4) is 0 Å². The molecule has 0 saturated heterocycles. The number of carbonyl (C=O) groups is 3. The van der Waals surface area contributed by atoms with Crippen LogP contribution < -0.4 is 5.32 Å². The molecule has 1 aromatic carbocycles. The smallest absolute Gasteiger partial charge is 0.332 e. The third-order valence-electron chi connectivity index (χ3n) is 3.42. The Morgan fingerprint density at radius 1 is 1.17 bits per heavy atom. The lowest BCUT2D eigenvalue weighted by molar-refractivity contribution is -0.154. The summed E-state index contributed by atoms with van der Waals surface area (Å²) in [6.07, 6.45) is -0.782. The van der Waals surface area contributed by atoms with E-state index < -0.39 is 29.7 Å². The summed E-state index contributed by atoms with van der Waals surface area (Å²) in [5, 5.41) is 2.58. The Labute approximate surface area is 176 Å². The molecule has 0 heterocycles. The summed E-state index contributed by atoms with van der Waals surface area (Å²) in [4.78, 5) is 37.5. The zero-order valence-corrected chi connectivity index (χ0v) is 18.0. The molecule has 0 saturated carbocycles. The molecule has 29 heavy (non-hydrogen) atoms. The van der Waals surface area contributed by atoms with Crippen LogP contribution in [0, 0.1) is 0 Å². The van der Waals surface area contributed by atoms with Crippen LogP contribution in [0.4, 0.5) is 4.79 Å². The second kappa shape index (κ2) is 11.5. The molecule has 0 aliphatic heterocycles. The van der Waals surface area contributed by atoms with Crippen molar-refractivity contribution in [3.63, 3.8) is 0 Å². The van der Waals surface area contributed by atoms with E-state index in [1.54, 1.807) is 45.0 Å². The monoisotopic (exact) mass is 424 g/mol. The van der Waals surface area contributed by atoms with Crippen molar-refractivity contribution in [1.82, 2.24) is 10.2 Å². The van der Waals surface area contributed by atoms with E-state index in [-0.39, 0.29) is 24.7 Å². The van der Waals surface area contributed by atoms with Crippen LogP contribution in [-0.4, -0.2) is 55.3 Å². The van der Waals surface area contributed by atoms with E-state index in [2.05, 4.69) is 24.5 Å². The van der Waals surface area contributed by atoms with Crippen molar-refractivity contribution in [2.24, 2.45) is 0 Å². The number of hydrogen-bond acceptors (Lipinski definition) is 7. The second-order valence-corrected chi connectivity index (χ2v) is 7.61. The van der Waals surface area contributed by atoms with Crippen molar-refractivity contribution in [3.05, 3.63) is 47.5 Å². The van der Waals surface area contributed by atoms with E-state index in [4.69, 9.17) is 14.2 Å². The van der Waals surface area contributed by atoms with Gasteiger partial charge in [-0.15, -0.1) is 12.6 Å². The van der Waals surface area contributed by atoms with Gasteiger partial charge in [-0.2, -0.15) is 0 Å². The van der Waals surface area contributed by atoms with Gasteiger partial charge in [0.15, 0.2) is 0 Å². The maximum absolute atomic E-state index is 12.6. The number of esters is 2. The Bertz CT molecular complexity index is 717. The number of benzene rings is 1. The summed E-state index contributed by atoms with van der Waals surface area (Å²) in [7, 11) is 1.38. The van der Waals surface area contributed by atoms with Gasteiger partial charge in [0.05, 0.1) is 11.6 Å². The summed E-state index contributed by atoms with van der Waals surface area (Å²) >= 11 is 4.15. The first-order valence-electron chi connectivity index (χ1n) is 8.92. The van der Waals surface area contributed by atoms with Crippen LogP contribution in [-0.2, 0) is 23.8 Å². The fourth-order valence-electron chi connectivity index (χ4n) is 2.28. The molecule has 0 aliphatic carbocycles. The Hall–Kier alpha value is -2.52. The lowest BCUT2D eigenvalue weighted by atomic mass is 10.1. The normalized spacial score (nSPS) is 11.9. The van der Waals surface area contributed by atoms with Crippen molar-refractivity contribution >= 4 is 30.6 Å². The first kappa shape index (κ1) is 24.5. The molecule has 9 heteroatoms. The molecule has 0 bridgehead atoms. The molecule has 2 amide bonds. The van der Waals surface area contributed by atoms with Crippen LogP contribution in [0.1, 0.15) is 32.4 Å². The number of rotatable bonds is 9. The summed E-state index contributed by atoms with van der Waals surface area (Å²) < 4.78 is 15.4. The van der Waals surface area contributed by atoms with Crippen LogP contribution in [0.5, 0.6) is 0 Å². The van der Waals surface area contributed by atoms with Crippen molar-refractivity contribution in [3.8, 4) is 0 Å². The van der Waals surface area contributed by atoms with Crippen LogP contribution in [0.2, 0.25) is 0 Å². The number of methoxy groups -OCH3 is 1. The number of ether oxygens (including phenoxy) is 3. The van der Waals surface area contributed by atoms with Crippen molar-refractivity contribution < 1.29 is 28.6 Å². The molecule has 0 aromatic heterocycles. The van der Waals surface area contributed by atoms with Crippen molar-refractivity contribution in [2.45, 2.75) is 32.5 Å². The maximum Gasteiger partial charge on any atom is 0.332 e. The molecule has 8 nitrogen and oxygen atoms in total. The third kappa shape index (κ3) is 9.49. The highest BCUT2D eigenvalue weighted by molar-refractivity contribution is 7.84. The minimum atomic E-state index is -0.782. The van der Waals surface area contributed by atoms with Crippen LogP contribution in [0.15, 0.2) is 41.9 Å². The average Bonchev–Trinajstić information content (AvgIpc) is 2.62. The van der Waals surface area contributed by atoms with Gasteiger partial charge < -0.3 is 19.5 Å². The van der Waals surface area contributed by atoms with Crippen molar-refractivity contribution in [2.75, 3.05) is 26.8 Å². The zero-order valence-electron chi connectivity index (χ0n) is 17.1. The van der Waals surface area contributed by atoms with Gasteiger partial charge >= 0.3 is 18.0 Å². The number of nitrogens with zero attached hydrogens (tertiary/aromatic N) is 1. The fraction of sp³-hybridized carbons (Fsp3) is 0.450. The van der Waals surface area contributed by atoms with Gasteiger partial charge in [0.25, 0.3) is 0 Å². The number of urea groups is 1. The van der Waals surface area contributed by atoms with E-state index in [9.17, 15) is 14.4 Å². The molecule has 1 aromatic rings. The lowest BCUT2D eigenvalue weighted by Crippen LogP contribution is -2.44. The topological polar surface area (TPSA) is 94.2 Å². The minimum Gasteiger partial charge on any atom is -0.459 e. The van der Waals surface area contributed by atoms with Gasteiger partial charge in [0.1, 0.15) is 24.9 Å². The number of amides is 2. The van der Waals surface area contributed by atoms with Crippen molar-refractivity contribution in [1.29, 1.82) is 0 Å². The quantitative estimate of drug-likeness (QED) is 0.468. The van der Waals surface area contributed by atoms with Crippen LogP contribution >= 0.6 is 12.6 Å². The summed E-state index contributed by atoms with van der Waals surface area (Å²) in [6.45, 7) is 8.26. The maximum atomic E-state index is 12.6. The molecule has 0 aliphatic rings. The highest BCUT2D eigenvalue weighted by atomic mass is 32.1. The summed E-state index contributed by atoms with van der Waals surface area (Å²) in [6, 6.07) is 8.30. The van der Waals surface area contributed by atoms with E-state index in [1.165, 1.54) is 12.0 Å². The van der Waals surface area contributed by atoms with E-state index in [0.29, 0.717) is 5.56 Å².